The summed E-state index contributed by atoms with van der Waals surface area (Å²) in [7, 11) is 0. The second kappa shape index (κ2) is 3.41. The molecule has 2 aromatic heterocycles. The summed E-state index contributed by atoms with van der Waals surface area (Å²) >= 11 is 0. The summed E-state index contributed by atoms with van der Waals surface area (Å²) in [5.41, 5.74) is 0.758. The Bertz CT molecular complexity index is 506. The Morgan fingerprint density at radius 3 is 3.07 bits per heavy atom. The number of anilines is 1. The van der Waals surface area contributed by atoms with E-state index in [9.17, 15) is 4.79 Å². The van der Waals surface area contributed by atoms with Crippen LogP contribution in [0.25, 0.3) is 11.2 Å². The highest BCUT2D eigenvalue weighted by Crippen LogP contribution is 2.04. The van der Waals surface area contributed by atoms with Crippen LogP contribution in [0.2, 0.25) is 0 Å². The number of hydrogen-bond donors (Lipinski definition) is 2. The highest BCUT2D eigenvalue weighted by atomic mass is 16.1. The molecule has 2 aromatic rings. The van der Waals surface area contributed by atoms with E-state index in [1.54, 1.807) is 6.20 Å². The molecule has 14 heavy (non-hydrogen) atoms. The molecular weight excluding hydrogens is 182 g/mol. The van der Waals surface area contributed by atoms with Gasteiger partial charge in [-0.3, -0.25) is 4.79 Å². The predicted octanol–water partition coefficient (Wildman–Crippen LogP) is 0.145. The van der Waals surface area contributed by atoms with Gasteiger partial charge in [0.05, 0.1) is 12.4 Å². The second-order valence-corrected chi connectivity index (χ2v) is 2.71. The number of H-pyrrole nitrogens is 1. The predicted molar refractivity (Wildman–Crippen MR) is 52.1 cm³/mol. The molecule has 0 unspecified atom stereocenters. The van der Waals surface area contributed by atoms with Crippen molar-refractivity contribution in [3.05, 3.63) is 22.7 Å². The summed E-state index contributed by atoms with van der Waals surface area (Å²) in [6.45, 7) is 2.68. The molecule has 6 heteroatoms. The monoisotopic (exact) mass is 191 g/mol. The molecule has 0 saturated heterocycles. The Morgan fingerprint density at radius 1 is 1.43 bits per heavy atom. The third kappa shape index (κ3) is 1.54. The number of aromatic nitrogens is 4. The zero-order chi connectivity index (χ0) is 9.97. The van der Waals surface area contributed by atoms with Crippen molar-refractivity contribution in [2.45, 2.75) is 6.92 Å². The summed E-state index contributed by atoms with van der Waals surface area (Å²) in [5.74, 6) is 0.489. The number of aromatic amines is 1. The Kier molecular flexibility index (Phi) is 2.10. The molecule has 0 amide bonds. The number of fused-ring (bicyclic) bond motifs is 1. The van der Waals surface area contributed by atoms with Crippen LogP contribution in [0.5, 0.6) is 0 Å². The van der Waals surface area contributed by atoms with Gasteiger partial charge in [-0.1, -0.05) is 0 Å². The van der Waals surface area contributed by atoms with Gasteiger partial charge in [0.15, 0.2) is 5.65 Å². The van der Waals surface area contributed by atoms with Crippen LogP contribution in [-0.4, -0.2) is 26.5 Å². The fourth-order valence-corrected chi connectivity index (χ4v) is 1.08. The van der Waals surface area contributed by atoms with E-state index in [1.807, 2.05) is 6.92 Å². The van der Waals surface area contributed by atoms with E-state index >= 15 is 0 Å². The molecule has 0 aromatic carbocycles. The van der Waals surface area contributed by atoms with Crippen LogP contribution < -0.4 is 10.9 Å². The number of nitrogens with one attached hydrogen (secondary N) is 2. The molecule has 0 bridgehead atoms. The van der Waals surface area contributed by atoms with Crippen LogP contribution in [0.15, 0.2) is 17.2 Å². The number of rotatable bonds is 2. The lowest BCUT2D eigenvalue weighted by atomic mass is 10.5. The van der Waals surface area contributed by atoms with Crippen molar-refractivity contribution in [2.24, 2.45) is 0 Å². The maximum atomic E-state index is 11.0. The largest absolute Gasteiger partial charge is 0.354 e. The van der Waals surface area contributed by atoms with Gasteiger partial charge >= 0.3 is 0 Å². The molecule has 2 N–H and O–H groups in total. The first-order chi connectivity index (χ1) is 6.79. The first kappa shape index (κ1) is 8.61. The van der Waals surface area contributed by atoms with Gasteiger partial charge in [0.25, 0.3) is 5.56 Å². The van der Waals surface area contributed by atoms with E-state index in [1.165, 1.54) is 6.20 Å². The van der Waals surface area contributed by atoms with Crippen molar-refractivity contribution < 1.29 is 0 Å². The van der Waals surface area contributed by atoms with E-state index in [2.05, 4.69) is 25.3 Å². The topological polar surface area (TPSA) is 83.6 Å². The molecule has 2 rings (SSSR count). The van der Waals surface area contributed by atoms with Gasteiger partial charge in [-0.2, -0.15) is 4.98 Å². The maximum absolute atomic E-state index is 11.0. The van der Waals surface area contributed by atoms with Crippen molar-refractivity contribution in [2.75, 3.05) is 11.9 Å². The molecule has 72 valence electrons. The second-order valence-electron chi connectivity index (χ2n) is 2.71. The van der Waals surface area contributed by atoms with Gasteiger partial charge in [0.2, 0.25) is 5.95 Å². The summed E-state index contributed by atoms with van der Waals surface area (Å²) in [4.78, 5) is 25.5. The molecular formula is C8H9N5O. The zero-order valence-electron chi connectivity index (χ0n) is 7.61. The molecule has 0 aliphatic rings. The third-order valence-electron chi connectivity index (χ3n) is 1.67. The molecule has 0 spiro atoms. The van der Waals surface area contributed by atoms with Crippen molar-refractivity contribution in [3.8, 4) is 0 Å². The van der Waals surface area contributed by atoms with Crippen molar-refractivity contribution >= 4 is 17.1 Å². The minimum atomic E-state index is -0.265. The average molecular weight is 191 g/mol. The van der Waals surface area contributed by atoms with Gasteiger partial charge in [-0.05, 0) is 6.92 Å². The quantitative estimate of drug-likeness (QED) is 0.705. The van der Waals surface area contributed by atoms with Gasteiger partial charge in [-0.25, -0.2) is 9.97 Å². The molecule has 0 saturated carbocycles. The molecule has 0 aliphatic carbocycles. The Labute approximate surface area is 79.4 Å². The normalized spacial score (nSPS) is 10.4. The summed E-state index contributed by atoms with van der Waals surface area (Å²) in [6.07, 6.45) is 2.77. The summed E-state index contributed by atoms with van der Waals surface area (Å²) < 4.78 is 0. The van der Waals surface area contributed by atoms with Crippen LogP contribution in [0.4, 0.5) is 5.95 Å². The molecule has 6 nitrogen and oxygen atoms in total. The van der Waals surface area contributed by atoms with Crippen molar-refractivity contribution in [1.29, 1.82) is 0 Å². The van der Waals surface area contributed by atoms with E-state index in [0.29, 0.717) is 17.1 Å². The lowest BCUT2D eigenvalue weighted by Gasteiger charge is -2.00. The number of hydrogen-bond acceptors (Lipinski definition) is 5. The van der Waals surface area contributed by atoms with Crippen LogP contribution in [-0.2, 0) is 0 Å². The molecule has 0 aliphatic heterocycles. The fourth-order valence-electron chi connectivity index (χ4n) is 1.08. The standard InChI is InChI=1S/C8H9N5O/c1-2-9-8-11-3-5-7(13-8)12-6(14)4-10-5/h3-4H,2H2,1H3,(H2,9,11,12,13,14). The maximum Gasteiger partial charge on any atom is 0.268 e. The van der Waals surface area contributed by atoms with Crippen molar-refractivity contribution in [3.63, 3.8) is 0 Å². The summed E-state index contributed by atoms with van der Waals surface area (Å²) in [5, 5.41) is 2.95. The van der Waals surface area contributed by atoms with Crippen molar-refractivity contribution in [1.82, 2.24) is 19.9 Å². The van der Waals surface area contributed by atoms with E-state index in [4.69, 9.17) is 0 Å². The Balaban J connectivity index is 2.58. The van der Waals surface area contributed by atoms with Crippen LogP contribution >= 0.6 is 0 Å². The molecule has 0 atom stereocenters. The fraction of sp³-hybridized carbons (Fsp3) is 0.250. The highest BCUT2D eigenvalue weighted by molar-refractivity contribution is 5.68. The van der Waals surface area contributed by atoms with E-state index < -0.39 is 0 Å². The van der Waals surface area contributed by atoms with Gasteiger partial charge in [0, 0.05) is 6.54 Å². The van der Waals surface area contributed by atoms with Gasteiger partial charge in [-0.15, -0.1) is 0 Å². The lowest BCUT2D eigenvalue weighted by Crippen LogP contribution is -2.08. The minimum Gasteiger partial charge on any atom is -0.354 e. The molecule has 0 radical (unpaired) electrons. The first-order valence-electron chi connectivity index (χ1n) is 4.25. The van der Waals surface area contributed by atoms with E-state index in [-0.39, 0.29) is 5.56 Å². The Morgan fingerprint density at radius 2 is 2.29 bits per heavy atom. The van der Waals surface area contributed by atoms with E-state index in [0.717, 1.165) is 6.54 Å². The average Bonchev–Trinajstić information content (AvgIpc) is 2.17. The minimum absolute atomic E-state index is 0.265. The smallest absolute Gasteiger partial charge is 0.268 e. The third-order valence-corrected chi connectivity index (χ3v) is 1.67. The molecule has 0 fully saturated rings. The SMILES string of the molecule is CCNc1ncc2ncc(=O)[nH]c2n1. The Hall–Kier alpha value is -1.98. The zero-order valence-corrected chi connectivity index (χ0v) is 7.61. The highest BCUT2D eigenvalue weighted by Gasteiger charge is 1.99. The van der Waals surface area contributed by atoms with Crippen LogP contribution in [0, 0.1) is 0 Å². The summed E-state index contributed by atoms with van der Waals surface area (Å²) in [6, 6.07) is 0. The van der Waals surface area contributed by atoms with Gasteiger partial charge in [0.1, 0.15) is 5.52 Å². The van der Waals surface area contributed by atoms with Gasteiger partial charge < -0.3 is 10.3 Å². The molecule has 2 heterocycles. The van der Waals surface area contributed by atoms with Crippen LogP contribution in [0.3, 0.4) is 0 Å². The number of nitrogens with zero attached hydrogens (tertiary/aromatic N) is 3. The lowest BCUT2D eigenvalue weighted by molar-refractivity contribution is 1.07. The first-order valence-corrected chi connectivity index (χ1v) is 4.25. The van der Waals surface area contributed by atoms with Crippen LogP contribution in [0.1, 0.15) is 6.92 Å².